The molecule has 0 aliphatic carbocycles. The summed E-state index contributed by atoms with van der Waals surface area (Å²) < 4.78 is 10.9. The number of benzene rings is 2. The van der Waals surface area contributed by atoms with Gasteiger partial charge in [-0.25, -0.2) is 0 Å². The van der Waals surface area contributed by atoms with Gasteiger partial charge < -0.3 is 9.05 Å². The van der Waals surface area contributed by atoms with E-state index in [9.17, 15) is 0 Å². The molecule has 0 aromatic heterocycles. The maximum absolute atomic E-state index is 7.96. The summed E-state index contributed by atoms with van der Waals surface area (Å²) in [5, 5.41) is 7.96. The summed E-state index contributed by atoms with van der Waals surface area (Å²) in [5.74, 6) is 0. The predicted molar refractivity (Wildman–Crippen MR) is 81.1 cm³/mol. The van der Waals surface area contributed by atoms with Crippen molar-refractivity contribution < 1.29 is 9.05 Å². The van der Waals surface area contributed by atoms with Gasteiger partial charge in [0.2, 0.25) is 0 Å². The summed E-state index contributed by atoms with van der Waals surface area (Å²) in [7, 11) is 0. The number of hydrogen-bond donors (Lipinski definition) is 2. The lowest BCUT2D eigenvalue weighted by atomic mass is 10.2. The van der Waals surface area contributed by atoms with E-state index in [1.807, 2.05) is 60.7 Å². The van der Waals surface area contributed by atoms with Gasteiger partial charge >= 0.3 is 0 Å². The summed E-state index contributed by atoms with van der Waals surface area (Å²) in [4.78, 5) is 0. The molecule has 3 nitrogen and oxygen atoms in total. The van der Waals surface area contributed by atoms with Crippen molar-refractivity contribution in [1.82, 2.24) is 0 Å². The normalized spacial score (nSPS) is 11.4. The lowest BCUT2D eigenvalue weighted by molar-refractivity contribution is 0.237. The third-order valence-electron chi connectivity index (χ3n) is 2.50. The fourth-order valence-electron chi connectivity index (χ4n) is 1.51. The molecule has 0 heterocycles. The summed E-state index contributed by atoms with van der Waals surface area (Å²) in [6.45, 7) is -2.14. The molecule has 0 bridgehead atoms. The highest BCUT2D eigenvalue weighted by Gasteiger charge is 2.13. The lowest BCUT2D eigenvalue weighted by Gasteiger charge is -2.16. The Hall–Kier alpha value is -1.06. The molecule has 2 aromatic rings. The van der Waals surface area contributed by atoms with E-state index < -0.39 is 6.71 Å². The van der Waals surface area contributed by atoms with E-state index in [0.29, 0.717) is 13.2 Å². The van der Waals surface area contributed by atoms with Crippen LogP contribution in [0, 0.1) is 5.16 Å². The van der Waals surface area contributed by atoms with Crippen LogP contribution in [0.3, 0.4) is 0 Å². The van der Waals surface area contributed by atoms with Gasteiger partial charge in [0.15, 0.2) is 0 Å². The Kier molecular flexibility index (Phi) is 5.23. The van der Waals surface area contributed by atoms with Crippen LogP contribution in [-0.4, -0.2) is 0 Å². The van der Waals surface area contributed by atoms with E-state index in [1.54, 1.807) is 0 Å². The molecule has 0 radical (unpaired) electrons. The largest absolute Gasteiger partial charge is 0.312 e. The first-order valence-corrected chi connectivity index (χ1v) is 8.67. The second-order valence-corrected chi connectivity index (χ2v) is 7.18. The lowest BCUT2D eigenvalue weighted by Crippen LogP contribution is -1.93. The fourth-order valence-corrected chi connectivity index (χ4v) is 2.58. The minimum Gasteiger partial charge on any atom is -0.312 e. The van der Waals surface area contributed by atoms with Gasteiger partial charge in [-0.2, -0.15) is 0 Å². The second-order valence-electron chi connectivity index (χ2n) is 4.04. The Balaban J connectivity index is 1.84. The van der Waals surface area contributed by atoms with Gasteiger partial charge in [0.25, 0.3) is 6.71 Å². The van der Waals surface area contributed by atoms with E-state index in [-0.39, 0.29) is 0 Å². The summed E-state index contributed by atoms with van der Waals surface area (Å²) in [6, 6.07) is 19.4. The maximum atomic E-state index is 7.96. The minimum atomic E-state index is -2.83. The van der Waals surface area contributed by atoms with Gasteiger partial charge in [0, 0.05) is 0 Å². The van der Waals surface area contributed by atoms with Crippen LogP contribution in [-0.2, 0) is 22.3 Å². The SMILES string of the molecule is N=P(S)(OCc1ccccc1)OCc1ccccc1. The molecule has 0 fully saturated rings. The zero-order valence-electron chi connectivity index (χ0n) is 10.4. The van der Waals surface area contributed by atoms with E-state index in [2.05, 4.69) is 12.2 Å². The molecule has 0 amide bonds. The van der Waals surface area contributed by atoms with E-state index >= 15 is 0 Å². The molecule has 19 heavy (non-hydrogen) atoms. The van der Waals surface area contributed by atoms with Crippen molar-refractivity contribution in [3.63, 3.8) is 0 Å². The van der Waals surface area contributed by atoms with E-state index in [0.717, 1.165) is 11.1 Å². The summed E-state index contributed by atoms with van der Waals surface area (Å²) >= 11 is 4.18. The average Bonchev–Trinajstić information content (AvgIpc) is 2.46. The number of nitrogens with one attached hydrogen (secondary N) is 1. The Morgan fingerprint density at radius 1 is 0.789 bits per heavy atom. The Bertz CT molecular complexity index is 500. The van der Waals surface area contributed by atoms with Gasteiger partial charge in [-0.1, -0.05) is 72.9 Å². The molecule has 0 saturated carbocycles. The summed E-state index contributed by atoms with van der Waals surface area (Å²) in [6.07, 6.45) is 0. The molecule has 0 spiro atoms. The third kappa shape index (κ3) is 5.21. The molecule has 0 saturated heterocycles. The first-order chi connectivity index (χ1) is 9.16. The standard InChI is InChI=1S/C14H16NO2PS/c15-18(19,16-11-13-7-3-1-4-8-13)17-12-14-9-5-2-6-10-14/h1-10H,11-12H2,(H2,15,19). The van der Waals surface area contributed by atoms with Crippen molar-refractivity contribution in [3.8, 4) is 0 Å². The van der Waals surface area contributed by atoms with Crippen LogP contribution < -0.4 is 0 Å². The first kappa shape index (κ1) is 14.4. The maximum Gasteiger partial charge on any atom is 0.267 e. The van der Waals surface area contributed by atoms with Crippen LogP contribution in [0.1, 0.15) is 11.1 Å². The predicted octanol–water partition coefficient (Wildman–Crippen LogP) is 4.87. The molecule has 1 N–H and O–H groups in total. The minimum absolute atomic E-state index is 0.344. The molecule has 0 unspecified atom stereocenters. The second kappa shape index (κ2) is 6.92. The zero-order chi connectivity index (χ0) is 13.6. The fraction of sp³-hybridized carbons (Fsp3) is 0.143. The van der Waals surface area contributed by atoms with Gasteiger partial charge in [0.1, 0.15) is 0 Å². The van der Waals surface area contributed by atoms with Crippen LogP contribution in [0.25, 0.3) is 0 Å². The highest BCUT2D eigenvalue weighted by Crippen LogP contribution is 2.54. The van der Waals surface area contributed by atoms with Gasteiger partial charge in [-0.3, -0.25) is 5.16 Å². The molecular weight excluding hydrogens is 277 g/mol. The van der Waals surface area contributed by atoms with Crippen molar-refractivity contribution in [2.75, 3.05) is 0 Å². The smallest absolute Gasteiger partial charge is 0.267 e. The van der Waals surface area contributed by atoms with Gasteiger partial charge in [-0.15, -0.1) is 0 Å². The Labute approximate surface area is 118 Å². The van der Waals surface area contributed by atoms with Gasteiger partial charge in [0.05, 0.1) is 13.2 Å². The zero-order valence-corrected chi connectivity index (χ0v) is 12.2. The van der Waals surface area contributed by atoms with Crippen LogP contribution >= 0.6 is 19.0 Å². The molecule has 5 heteroatoms. The van der Waals surface area contributed by atoms with E-state index in [1.165, 1.54) is 0 Å². The van der Waals surface area contributed by atoms with Crippen molar-refractivity contribution in [2.24, 2.45) is 0 Å². The molecule has 2 rings (SSSR count). The summed E-state index contributed by atoms with van der Waals surface area (Å²) in [5.41, 5.74) is 2.02. The van der Waals surface area contributed by atoms with E-state index in [4.69, 9.17) is 14.2 Å². The van der Waals surface area contributed by atoms with Crippen LogP contribution in [0.2, 0.25) is 0 Å². The molecule has 0 aliphatic heterocycles. The highest BCUT2D eigenvalue weighted by atomic mass is 32.7. The van der Waals surface area contributed by atoms with Gasteiger partial charge in [-0.05, 0) is 11.1 Å². The average molecular weight is 293 g/mol. The molecule has 100 valence electrons. The molecule has 2 aromatic carbocycles. The molecular formula is C14H16NO2PS. The van der Waals surface area contributed by atoms with Crippen LogP contribution in [0.5, 0.6) is 0 Å². The van der Waals surface area contributed by atoms with Crippen LogP contribution in [0.15, 0.2) is 60.7 Å². The number of thiol groups is 1. The first-order valence-electron chi connectivity index (χ1n) is 5.89. The number of hydrogen-bond acceptors (Lipinski definition) is 3. The van der Waals surface area contributed by atoms with Crippen molar-refractivity contribution >= 4 is 19.0 Å². The van der Waals surface area contributed by atoms with Crippen molar-refractivity contribution in [2.45, 2.75) is 13.2 Å². The van der Waals surface area contributed by atoms with Crippen molar-refractivity contribution in [1.29, 1.82) is 5.16 Å². The van der Waals surface area contributed by atoms with Crippen molar-refractivity contribution in [3.05, 3.63) is 71.8 Å². The molecule has 0 atom stereocenters. The monoisotopic (exact) mass is 293 g/mol. The highest BCUT2D eigenvalue weighted by molar-refractivity contribution is 8.45. The molecule has 0 aliphatic rings. The Morgan fingerprint density at radius 3 is 1.53 bits per heavy atom. The third-order valence-corrected chi connectivity index (χ3v) is 4.15. The quantitative estimate of drug-likeness (QED) is 0.589. The topological polar surface area (TPSA) is 42.3 Å². The Morgan fingerprint density at radius 2 is 1.16 bits per heavy atom. The van der Waals surface area contributed by atoms with Crippen LogP contribution in [0.4, 0.5) is 0 Å². The number of rotatable bonds is 6.